The highest BCUT2D eigenvalue weighted by molar-refractivity contribution is 14.1. The lowest BCUT2D eigenvalue weighted by Gasteiger charge is -2.06. The van der Waals surface area contributed by atoms with E-state index in [0.717, 1.165) is 24.7 Å². The number of hydrogen-bond donors (Lipinski definition) is 0. The molecule has 3 heteroatoms. The molecular weight excluding hydrogens is 391 g/mol. The van der Waals surface area contributed by atoms with E-state index in [1.807, 2.05) is 49.4 Å². The van der Waals surface area contributed by atoms with E-state index in [2.05, 4.69) is 38.5 Å². The number of carbonyl (C=O) groups excluding carboxylic acids is 1. The molecular formula is C14H10BrIO. The van der Waals surface area contributed by atoms with Crippen LogP contribution in [0.25, 0.3) is 0 Å². The van der Waals surface area contributed by atoms with Crippen LogP contribution in [0.1, 0.15) is 21.5 Å². The van der Waals surface area contributed by atoms with Crippen LogP contribution < -0.4 is 0 Å². The van der Waals surface area contributed by atoms with E-state index in [-0.39, 0.29) is 5.78 Å². The van der Waals surface area contributed by atoms with Crippen LogP contribution >= 0.6 is 38.5 Å². The first-order valence-corrected chi connectivity index (χ1v) is 7.02. The standard InChI is InChI=1S/C14H10BrIO/c1-9-3-2-4-12(13(9)16)14(17)10-5-7-11(15)8-6-10/h2-8H,1H3. The summed E-state index contributed by atoms with van der Waals surface area (Å²) in [6, 6.07) is 13.3. The van der Waals surface area contributed by atoms with Crippen LogP contribution in [0, 0.1) is 10.5 Å². The summed E-state index contributed by atoms with van der Waals surface area (Å²) in [5.41, 5.74) is 2.62. The molecule has 0 N–H and O–H groups in total. The van der Waals surface area contributed by atoms with E-state index in [4.69, 9.17) is 0 Å². The van der Waals surface area contributed by atoms with E-state index in [1.54, 1.807) is 0 Å². The Morgan fingerprint density at radius 2 is 1.76 bits per heavy atom. The van der Waals surface area contributed by atoms with Gasteiger partial charge in [-0.25, -0.2) is 0 Å². The molecule has 0 fully saturated rings. The van der Waals surface area contributed by atoms with Gasteiger partial charge in [-0.05, 0) is 65.4 Å². The quantitative estimate of drug-likeness (QED) is 0.532. The first-order valence-electron chi connectivity index (χ1n) is 5.15. The second-order valence-electron chi connectivity index (χ2n) is 3.77. The van der Waals surface area contributed by atoms with Crippen molar-refractivity contribution in [1.82, 2.24) is 0 Å². The Bertz CT molecular complexity index is 561. The Hall–Kier alpha value is -0.680. The number of halogens is 2. The summed E-state index contributed by atoms with van der Waals surface area (Å²) >= 11 is 5.59. The molecule has 17 heavy (non-hydrogen) atoms. The summed E-state index contributed by atoms with van der Waals surface area (Å²) in [6.45, 7) is 2.01. The minimum atomic E-state index is 0.0746. The normalized spacial score (nSPS) is 10.3. The summed E-state index contributed by atoms with van der Waals surface area (Å²) < 4.78 is 2.01. The number of rotatable bonds is 2. The molecule has 0 atom stereocenters. The highest BCUT2D eigenvalue weighted by Gasteiger charge is 2.13. The highest BCUT2D eigenvalue weighted by Crippen LogP contribution is 2.21. The van der Waals surface area contributed by atoms with Crippen LogP contribution in [-0.2, 0) is 0 Å². The van der Waals surface area contributed by atoms with E-state index < -0.39 is 0 Å². The molecule has 0 bridgehead atoms. The Labute approximate surface area is 123 Å². The van der Waals surface area contributed by atoms with Gasteiger partial charge < -0.3 is 0 Å². The average Bonchev–Trinajstić information content (AvgIpc) is 2.33. The average molecular weight is 401 g/mol. The molecule has 2 rings (SSSR count). The van der Waals surface area contributed by atoms with Gasteiger partial charge in [-0.2, -0.15) is 0 Å². The number of hydrogen-bond acceptors (Lipinski definition) is 1. The molecule has 2 aromatic rings. The molecule has 0 saturated heterocycles. The Morgan fingerprint density at radius 1 is 1.12 bits per heavy atom. The molecule has 0 aliphatic rings. The lowest BCUT2D eigenvalue weighted by molar-refractivity contribution is 0.103. The van der Waals surface area contributed by atoms with Gasteiger partial charge in [0.15, 0.2) is 5.78 Å². The van der Waals surface area contributed by atoms with Crippen LogP contribution in [0.2, 0.25) is 0 Å². The van der Waals surface area contributed by atoms with Crippen molar-refractivity contribution >= 4 is 44.3 Å². The number of benzene rings is 2. The van der Waals surface area contributed by atoms with Crippen molar-refractivity contribution in [3.8, 4) is 0 Å². The maximum atomic E-state index is 12.3. The van der Waals surface area contributed by atoms with Gasteiger partial charge in [-0.3, -0.25) is 4.79 Å². The Kier molecular flexibility index (Phi) is 3.99. The lowest BCUT2D eigenvalue weighted by atomic mass is 10.0. The summed E-state index contributed by atoms with van der Waals surface area (Å²) in [4.78, 5) is 12.3. The SMILES string of the molecule is Cc1cccc(C(=O)c2ccc(Br)cc2)c1I. The molecule has 0 spiro atoms. The van der Waals surface area contributed by atoms with Gasteiger partial charge in [-0.1, -0.05) is 28.1 Å². The maximum Gasteiger partial charge on any atom is 0.194 e. The molecule has 0 amide bonds. The third-order valence-electron chi connectivity index (χ3n) is 2.54. The molecule has 86 valence electrons. The van der Waals surface area contributed by atoms with Crippen LogP contribution in [0.3, 0.4) is 0 Å². The van der Waals surface area contributed by atoms with Crippen molar-refractivity contribution < 1.29 is 4.79 Å². The predicted molar refractivity (Wildman–Crippen MR) is 81.5 cm³/mol. The highest BCUT2D eigenvalue weighted by atomic mass is 127. The van der Waals surface area contributed by atoms with Crippen LogP contribution in [0.5, 0.6) is 0 Å². The van der Waals surface area contributed by atoms with Gasteiger partial charge in [0.25, 0.3) is 0 Å². The largest absolute Gasteiger partial charge is 0.289 e. The van der Waals surface area contributed by atoms with Gasteiger partial charge >= 0.3 is 0 Å². The fourth-order valence-electron chi connectivity index (χ4n) is 1.58. The zero-order valence-electron chi connectivity index (χ0n) is 9.21. The summed E-state index contributed by atoms with van der Waals surface area (Å²) in [7, 11) is 0. The number of ketones is 1. The summed E-state index contributed by atoms with van der Waals surface area (Å²) in [5, 5.41) is 0. The van der Waals surface area contributed by atoms with Crippen molar-refractivity contribution in [2.75, 3.05) is 0 Å². The smallest absolute Gasteiger partial charge is 0.194 e. The van der Waals surface area contributed by atoms with Gasteiger partial charge in [0.05, 0.1) is 0 Å². The Morgan fingerprint density at radius 3 is 2.41 bits per heavy atom. The van der Waals surface area contributed by atoms with E-state index in [9.17, 15) is 4.79 Å². The first kappa shape index (κ1) is 12.8. The third kappa shape index (κ3) is 2.77. The molecule has 0 saturated carbocycles. The van der Waals surface area contributed by atoms with Crippen molar-refractivity contribution in [3.63, 3.8) is 0 Å². The number of aryl methyl sites for hydroxylation is 1. The predicted octanol–water partition coefficient (Wildman–Crippen LogP) is 4.59. The van der Waals surface area contributed by atoms with Gasteiger partial charge in [-0.15, -0.1) is 0 Å². The second-order valence-corrected chi connectivity index (χ2v) is 5.77. The Balaban J connectivity index is 2.44. The van der Waals surface area contributed by atoms with E-state index in [0.29, 0.717) is 0 Å². The van der Waals surface area contributed by atoms with Crippen molar-refractivity contribution in [2.45, 2.75) is 6.92 Å². The van der Waals surface area contributed by atoms with Crippen LogP contribution in [0.4, 0.5) is 0 Å². The molecule has 0 aliphatic heterocycles. The monoisotopic (exact) mass is 400 g/mol. The minimum Gasteiger partial charge on any atom is -0.289 e. The van der Waals surface area contributed by atoms with Gasteiger partial charge in [0.2, 0.25) is 0 Å². The fourth-order valence-corrected chi connectivity index (χ4v) is 2.45. The fraction of sp³-hybridized carbons (Fsp3) is 0.0714. The number of carbonyl (C=O) groups is 1. The third-order valence-corrected chi connectivity index (χ3v) is 4.50. The molecule has 0 heterocycles. The van der Waals surface area contributed by atoms with Crippen molar-refractivity contribution in [2.24, 2.45) is 0 Å². The molecule has 0 radical (unpaired) electrons. The van der Waals surface area contributed by atoms with Gasteiger partial charge in [0.1, 0.15) is 0 Å². The van der Waals surface area contributed by atoms with E-state index in [1.165, 1.54) is 0 Å². The molecule has 0 aliphatic carbocycles. The minimum absolute atomic E-state index is 0.0746. The van der Waals surface area contributed by atoms with E-state index >= 15 is 0 Å². The maximum absolute atomic E-state index is 12.3. The van der Waals surface area contributed by atoms with Gasteiger partial charge in [0, 0.05) is 19.2 Å². The zero-order valence-corrected chi connectivity index (χ0v) is 12.9. The zero-order chi connectivity index (χ0) is 12.4. The lowest BCUT2D eigenvalue weighted by Crippen LogP contribution is -2.04. The first-order chi connectivity index (χ1) is 8.09. The molecule has 1 nitrogen and oxygen atoms in total. The molecule has 0 unspecified atom stereocenters. The second kappa shape index (κ2) is 5.31. The molecule has 2 aromatic carbocycles. The van der Waals surface area contributed by atoms with Crippen LogP contribution in [0.15, 0.2) is 46.9 Å². The van der Waals surface area contributed by atoms with Crippen molar-refractivity contribution in [3.05, 3.63) is 67.2 Å². The molecule has 0 aromatic heterocycles. The summed E-state index contributed by atoms with van der Waals surface area (Å²) in [5.74, 6) is 0.0746. The topological polar surface area (TPSA) is 17.1 Å². The van der Waals surface area contributed by atoms with Crippen molar-refractivity contribution in [1.29, 1.82) is 0 Å². The summed E-state index contributed by atoms with van der Waals surface area (Å²) in [6.07, 6.45) is 0. The van der Waals surface area contributed by atoms with Crippen LogP contribution in [-0.4, -0.2) is 5.78 Å².